The number of carbonyl (C=O) groups is 1. The van der Waals surface area contributed by atoms with E-state index in [0.29, 0.717) is 29.3 Å². The molecule has 0 unspecified atom stereocenters. The number of nitrogens with one attached hydrogen (secondary N) is 1. The molecule has 14 nitrogen and oxygen atoms in total. The van der Waals surface area contributed by atoms with Gasteiger partial charge in [-0.05, 0) is 53.3 Å². The lowest BCUT2D eigenvalue weighted by Gasteiger charge is -2.32. The molecule has 3 heterocycles. The van der Waals surface area contributed by atoms with Crippen LogP contribution < -0.4 is 20.6 Å². The molecule has 1 fully saturated rings. The van der Waals surface area contributed by atoms with Gasteiger partial charge in [-0.2, -0.15) is 9.78 Å². The number of hydrazone groups is 1. The first-order valence-electron chi connectivity index (χ1n) is 12.8. The zero-order chi connectivity index (χ0) is 29.6. The Morgan fingerprint density at radius 3 is 2.74 bits per heavy atom. The van der Waals surface area contributed by atoms with E-state index in [2.05, 4.69) is 48.0 Å². The normalized spacial score (nSPS) is 14.4. The van der Waals surface area contributed by atoms with Crippen LogP contribution in [0, 0.1) is 5.82 Å². The molecule has 220 valence electrons. The molecule has 0 aliphatic carbocycles. The molecular formula is C26H28ClFN10O4. The largest absolute Gasteiger partial charge is 0.493 e. The number of hydrogen-bond donors (Lipinski definition) is 2. The standard InChI is InChI=1S/C26H28ClFN10O4/c1-36-8-10-37(11-9-36)14-20-23(31-35-38(20)25-24(29)33-42-34-25)26(39)32-30-13-16-6-7-21(22(12-16)40-2)41-15-17-18(27)4-3-5-19(17)28/h3-7,12-13H,8-11,14-15H2,1-2H3,(H2,29,33)(H,32,39)/b30-13-. The number of anilines is 1. The molecule has 1 aliphatic heterocycles. The van der Waals surface area contributed by atoms with Crippen molar-refractivity contribution >= 4 is 29.5 Å². The maximum absolute atomic E-state index is 14.1. The molecule has 0 radical (unpaired) electrons. The maximum Gasteiger partial charge on any atom is 0.293 e. The summed E-state index contributed by atoms with van der Waals surface area (Å²) >= 11 is 6.09. The average Bonchev–Trinajstić information content (AvgIpc) is 3.59. The van der Waals surface area contributed by atoms with E-state index in [1.54, 1.807) is 24.3 Å². The lowest BCUT2D eigenvalue weighted by atomic mass is 10.2. The quantitative estimate of drug-likeness (QED) is 0.203. The number of likely N-dealkylation sites (N-methyl/N-ethyl adjacent to an activating group) is 1. The number of nitrogen functional groups attached to an aromatic ring is 1. The van der Waals surface area contributed by atoms with Gasteiger partial charge >= 0.3 is 0 Å². The molecule has 2 aromatic carbocycles. The van der Waals surface area contributed by atoms with Gasteiger partial charge in [-0.15, -0.1) is 5.10 Å². The number of halogens is 2. The zero-order valence-corrected chi connectivity index (χ0v) is 23.6. The summed E-state index contributed by atoms with van der Waals surface area (Å²) in [6.45, 7) is 3.63. The fraction of sp³-hybridized carbons (Fsp3) is 0.308. The molecule has 1 aliphatic rings. The Kier molecular flexibility index (Phi) is 8.90. The Bertz CT molecular complexity index is 1560. The molecule has 1 amide bonds. The minimum atomic E-state index is -0.578. The number of hydrogen-bond acceptors (Lipinski definition) is 12. The monoisotopic (exact) mass is 598 g/mol. The summed E-state index contributed by atoms with van der Waals surface area (Å²) in [4.78, 5) is 17.5. The minimum absolute atomic E-state index is 0.0166. The molecule has 3 N–H and O–H groups in total. The van der Waals surface area contributed by atoms with Crippen LogP contribution in [-0.2, 0) is 13.2 Å². The fourth-order valence-corrected chi connectivity index (χ4v) is 4.49. The van der Waals surface area contributed by atoms with Crippen molar-refractivity contribution in [2.75, 3.05) is 46.1 Å². The average molecular weight is 599 g/mol. The molecule has 42 heavy (non-hydrogen) atoms. The number of piperazine rings is 1. The van der Waals surface area contributed by atoms with Gasteiger partial charge in [0.25, 0.3) is 5.91 Å². The highest BCUT2D eigenvalue weighted by molar-refractivity contribution is 6.31. The van der Waals surface area contributed by atoms with Crippen molar-refractivity contribution < 1.29 is 23.3 Å². The van der Waals surface area contributed by atoms with Gasteiger partial charge in [0.1, 0.15) is 12.4 Å². The third-order valence-corrected chi connectivity index (χ3v) is 7.00. The number of benzene rings is 2. The highest BCUT2D eigenvalue weighted by Gasteiger charge is 2.26. The molecule has 1 saturated heterocycles. The number of nitrogens with zero attached hydrogens (tertiary/aromatic N) is 8. The van der Waals surface area contributed by atoms with E-state index < -0.39 is 11.7 Å². The Balaban J connectivity index is 1.29. The van der Waals surface area contributed by atoms with Crippen LogP contribution in [0.25, 0.3) is 5.82 Å². The molecule has 0 saturated carbocycles. The summed E-state index contributed by atoms with van der Waals surface area (Å²) in [6, 6.07) is 9.43. The van der Waals surface area contributed by atoms with Crippen LogP contribution in [0.1, 0.15) is 27.3 Å². The van der Waals surface area contributed by atoms with Crippen LogP contribution in [0.15, 0.2) is 46.1 Å². The van der Waals surface area contributed by atoms with E-state index in [1.807, 2.05) is 0 Å². The summed E-state index contributed by atoms with van der Waals surface area (Å²) < 4.78 is 31.3. The van der Waals surface area contributed by atoms with Crippen LogP contribution in [0.4, 0.5) is 10.2 Å². The van der Waals surface area contributed by atoms with E-state index >= 15 is 0 Å². The second-order valence-corrected chi connectivity index (χ2v) is 9.85. The van der Waals surface area contributed by atoms with Crippen molar-refractivity contribution in [2.45, 2.75) is 13.2 Å². The van der Waals surface area contributed by atoms with Gasteiger partial charge in [-0.25, -0.2) is 14.4 Å². The Labute approximate surface area is 244 Å². The number of nitrogens with two attached hydrogens (primary N) is 1. The lowest BCUT2D eigenvalue weighted by molar-refractivity contribution is 0.0946. The van der Waals surface area contributed by atoms with Crippen LogP contribution in [0.2, 0.25) is 5.02 Å². The zero-order valence-electron chi connectivity index (χ0n) is 22.8. The van der Waals surface area contributed by atoms with E-state index in [-0.39, 0.29) is 34.5 Å². The van der Waals surface area contributed by atoms with E-state index in [1.165, 1.54) is 30.1 Å². The molecule has 2 aromatic heterocycles. The number of aromatic nitrogens is 5. The minimum Gasteiger partial charge on any atom is -0.493 e. The van der Waals surface area contributed by atoms with Crippen LogP contribution >= 0.6 is 11.6 Å². The van der Waals surface area contributed by atoms with Crippen molar-refractivity contribution in [1.29, 1.82) is 0 Å². The van der Waals surface area contributed by atoms with Crippen molar-refractivity contribution in [1.82, 2.24) is 40.5 Å². The van der Waals surface area contributed by atoms with Crippen LogP contribution in [-0.4, -0.2) is 87.6 Å². The Morgan fingerprint density at radius 1 is 1.21 bits per heavy atom. The van der Waals surface area contributed by atoms with Crippen molar-refractivity contribution in [3.63, 3.8) is 0 Å². The number of carbonyl (C=O) groups excluding carboxylic acids is 1. The third-order valence-electron chi connectivity index (χ3n) is 6.64. The second-order valence-electron chi connectivity index (χ2n) is 9.45. The van der Waals surface area contributed by atoms with Crippen molar-refractivity contribution in [3.05, 3.63) is 69.8 Å². The van der Waals surface area contributed by atoms with Gasteiger partial charge in [-0.1, -0.05) is 22.9 Å². The predicted molar refractivity (Wildman–Crippen MR) is 150 cm³/mol. The SMILES string of the molecule is COc1cc(/C=N\NC(=O)c2nnn(-c3nonc3N)c2CN2CCN(C)CC2)ccc1OCc1c(F)cccc1Cl. The van der Waals surface area contributed by atoms with E-state index in [4.69, 9.17) is 31.4 Å². The van der Waals surface area contributed by atoms with Gasteiger partial charge in [0, 0.05) is 38.3 Å². The summed E-state index contributed by atoms with van der Waals surface area (Å²) in [5, 5.41) is 19.9. The van der Waals surface area contributed by atoms with Gasteiger partial charge in [-0.3, -0.25) is 9.69 Å². The van der Waals surface area contributed by atoms with Gasteiger partial charge in [0.15, 0.2) is 17.2 Å². The van der Waals surface area contributed by atoms with Crippen LogP contribution in [0.3, 0.4) is 0 Å². The van der Waals surface area contributed by atoms with Crippen molar-refractivity contribution in [2.24, 2.45) is 5.10 Å². The first-order chi connectivity index (χ1) is 20.3. The summed E-state index contributed by atoms with van der Waals surface area (Å²) in [5.41, 5.74) is 9.72. The smallest absolute Gasteiger partial charge is 0.293 e. The van der Waals surface area contributed by atoms with E-state index in [0.717, 1.165) is 26.2 Å². The highest BCUT2D eigenvalue weighted by atomic mass is 35.5. The summed E-state index contributed by atoms with van der Waals surface area (Å²) in [7, 11) is 3.53. The lowest BCUT2D eigenvalue weighted by Crippen LogP contribution is -2.44. The molecule has 4 aromatic rings. The second kappa shape index (κ2) is 12.9. The molecule has 0 spiro atoms. The van der Waals surface area contributed by atoms with E-state index in [9.17, 15) is 9.18 Å². The molecule has 0 atom stereocenters. The first kappa shape index (κ1) is 28.9. The summed E-state index contributed by atoms with van der Waals surface area (Å²) in [6.07, 6.45) is 1.43. The Morgan fingerprint density at radius 2 is 2.02 bits per heavy atom. The molecular weight excluding hydrogens is 571 g/mol. The van der Waals surface area contributed by atoms with Gasteiger partial charge in [0.2, 0.25) is 11.6 Å². The number of amides is 1. The van der Waals surface area contributed by atoms with Crippen LogP contribution in [0.5, 0.6) is 11.5 Å². The molecule has 0 bridgehead atoms. The predicted octanol–water partition coefficient (Wildman–Crippen LogP) is 2.12. The van der Waals surface area contributed by atoms with Crippen molar-refractivity contribution in [3.8, 4) is 17.3 Å². The highest BCUT2D eigenvalue weighted by Crippen LogP contribution is 2.30. The number of rotatable bonds is 10. The van der Waals surface area contributed by atoms with Gasteiger partial charge in [0.05, 0.1) is 24.0 Å². The summed E-state index contributed by atoms with van der Waals surface area (Å²) in [5.74, 6) is -0.123. The Hall–Kier alpha value is -4.60. The first-order valence-corrected chi connectivity index (χ1v) is 13.2. The number of ether oxygens (including phenoxy) is 2. The maximum atomic E-state index is 14.1. The third kappa shape index (κ3) is 6.48. The van der Waals surface area contributed by atoms with Gasteiger partial charge < -0.3 is 20.1 Å². The number of methoxy groups -OCH3 is 1. The molecule has 16 heteroatoms. The topological polar surface area (TPSA) is 162 Å². The fourth-order valence-electron chi connectivity index (χ4n) is 4.27. The molecule has 5 rings (SSSR count).